The second-order valence-corrected chi connectivity index (χ2v) is 6.02. The Morgan fingerprint density at radius 3 is 2.70 bits per heavy atom. The molecule has 0 saturated carbocycles. The molecule has 0 saturated heterocycles. The molecule has 1 aliphatic heterocycles. The van der Waals surface area contributed by atoms with E-state index in [-0.39, 0.29) is 11.5 Å². The number of hydrogen-bond acceptors (Lipinski definition) is 2. The third-order valence-corrected chi connectivity index (χ3v) is 3.54. The number of benzene rings is 2. The molecule has 1 amide bonds. The zero-order chi connectivity index (χ0) is 16.3. The zero-order valence-electron chi connectivity index (χ0n) is 13.2. The number of carbonyl (C=O) groups excluding carboxylic acids is 1. The minimum Gasteiger partial charge on any atom is -0.483 e. The Bertz CT molecular complexity index is 773. The van der Waals surface area contributed by atoms with Gasteiger partial charge in [-0.15, -0.1) is 0 Å². The topological polar surface area (TPSA) is 38.3 Å². The van der Waals surface area contributed by atoms with Gasteiger partial charge in [-0.25, -0.2) is 0 Å². The molecule has 2 aromatic carbocycles. The van der Waals surface area contributed by atoms with Crippen molar-refractivity contribution in [2.75, 3.05) is 5.32 Å². The van der Waals surface area contributed by atoms with Gasteiger partial charge in [-0.1, -0.05) is 30.3 Å². The number of fused-ring (bicyclic) bond motifs is 1. The van der Waals surface area contributed by atoms with E-state index in [1.165, 1.54) is 6.08 Å². The molecular weight excluding hydrogens is 286 g/mol. The fourth-order valence-corrected chi connectivity index (χ4v) is 2.38. The number of rotatable bonds is 3. The van der Waals surface area contributed by atoms with Gasteiger partial charge in [-0.3, -0.25) is 4.79 Å². The predicted molar refractivity (Wildman–Crippen MR) is 94.3 cm³/mol. The highest BCUT2D eigenvalue weighted by Gasteiger charge is 2.21. The van der Waals surface area contributed by atoms with Crippen LogP contribution in [0.15, 0.2) is 60.7 Å². The summed E-state index contributed by atoms with van der Waals surface area (Å²) >= 11 is 0. The summed E-state index contributed by atoms with van der Waals surface area (Å²) in [5, 5.41) is 2.82. The van der Waals surface area contributed by atoms with Crippen LogP contribution in [0.2, 0.25) is 0 Å². The van der Waals surface area contributed by atoms with E-state index in [1.807, 2.05) is 68.5 Å². The summed E-state index contributed by atoms with van der Waals surface area (Å²) < 4.78 is 5.89. The van der Waals surface area contributed by atoms with Gasteiger partial charge in [0.15, 0.2) is 0 Å². The van der Waals surface area contributed by atoms with Crippen LogP contribution in [-0.2, 0) is 4.79 Å². The third-order valence-electron chi connectivity index (χ3n) is 3.54. The number of anilines is 1. The van der Waals surface area contributed by atoms with Crippen LogP contribution in [0.3, 0.4) is 0 Å². The third kappa shape index (κ3) is 3.89. The standard InChI is InChI=1S/C20H19NO2/c1-20(2)13-12-16-14-15(8-10-18(16)23-20)9-11-19(22)21-17-6-4-3-5-7-17/h3-14H,1-2H3,(H,21,22)/b11-9+. The molecule has 1 N–H and O–H groups in total. The molecule has 0 radical (unpaired) electrons. The summed E-state index contributed by atoms with van der Waals surface area (Å²) in [6.07, 6.45) is 7.42. The molecule has 2 aromatic rings. The molecule has 1 heterocycles. The average molecular weight is 305 g/mol. The Morgan fingerprint density at radius 2 is 1.91 bits per heavy atom. The molecule has 116 valence electrons. The summed E-state index contributed by atoms with van der Waals surface area (Å²) in [7, 11) is 0. The van der Waals surface area contributed by atoms with Crippen molar-refractivity contribution < 1.29 is 9.53 Å². The van der Waals surface area contributed by atoms with Crippen LogP contribution in [0.5, 0.6) is 5.75 Å². The second-order valence-electron chi connectivity index (χ2n) is 6.02. The fraction of sp³-hybridized carbons (Fsp3) is 0.150. The van der Waals surface area contributed by atoms with Crippen LogP contribution in [-0.4, -0.2) is 11.5 Å². The van der Waals surface area contributed by atoms with Crippen molar-refractivity contribution in [1.82, 2.24) is 0 Å². The highest BCUT2D eigenvalue weighted by atomic mass is 16.5. The summed E-state index contributed by atoms with van der Waals surface area (Å²) in [5.41, 5.74) is 2.49. The largest absolute Gasteiger partial charge is 0.483 e. The lowest BCUT2D eigenvalue weighted by Gasteiger charge is -2.27. The molecule has 3 nitrogen and oxygen atoms in total. The normalized spacial score (nSPS) is 15.0. The van der Waals surface area contributed by atoms with Crippen molar-refractivity contribution in [1.29, 1.82) is 0 Å². The zero-order valence-corrected chi connectivity index (χ0v) is 13.2. The van der Waals surface area contributed by atoms with Gasteiger partial charge < -0.3 is 10.1 Å². The average Bonchev–Trinajstić information content (AvgIpc) is 2.53. The first-order valence-corrected chi connectivity index (χ1v) is 7.58. The number of carbonyl (C=O) groups is 1. The van der Waals surface area contributed by atoms with Crippen molar-refractivity contribution in [3.8, 4) is 5.75 Å². The lowest BCUT2D eigenvalue weighted by Crippen LogP contribution is -2.27. The maximum atomic E-state index is 11.9. The maximum Gasteiger partial charge on any atom is 0.248 e. The fourth-order valence-electron chi connectivity index (χ4n) is 2.38. The molecule has 23 heavy (non-hydrogen) atoms. The molecule has 0 fully saturated rings. The minimum atomic E-state index is -0.278. The van der Waals surface area contributed by atoms with Gasteiger partial charge in [0.2, 0.25) is 5.91 Å². The van der Waals surface area contributed by atoms with Crippen molar-refractivity contribution >= 4 is 23.7 Å². The highest BCUT2D eigenvalue weighted by molar-refractivity contribution is 6.01. The molecule has 0 aliphatic carbocycles. The van der Waals surface area contributed by atoms with Gasteiger partial charge in [0.25, 0.3) is 0 Å². The summed E-state index contributed by atoms with van der Waals surface area (Å²) in [5.74, 6) is 0.713. The van der Waals surface area contributed by atoms with Crippen LogP contribution in [0, 0.1) is 0 Å². The molecule has 0 atom stereocenters. The first-order chi connectivity index (χ1) is 11.0. The van der Waals surface area contributed by atoms with Crippen LogP contribution in [0.1, 0.15) is 25.0 Å². The predicted octanol–water partition coefficient (Wildman–Crippen LogP) is 4.52. The molecule has 0 bridgehead atoms. The van der Waals surface area contributed by atoms with Gasteiger partial charge in [0, 0.05) is 17.3 Å². The minimum absolute atomic E-state index is 0.151. The number of ether oxygens (including phenoxy) is 1. The molecule has 0 spiro atoms. The summed E-state index contributed by atoms with van der Waals surface area (Å²) in [6, 6.07) is 15.3. The number of nitrogens with one attached hydrogen (secondary N) is 1. The van der Waals surface area contributed by atoms with E-state index in [1.54, 1.807) is 6.08 Å². The first-order valence-electron chi connectivity index (χ1n) is 7.58. The molecule has 3 rings (SSSR count). The molecular formula is C20H19NO2. The van der Waals surface area contributed by atoms with Crippen LogP contribution < -0.4 is 10.1 Å². The van der Waals surface area contributed by atoms with E-state index in [0.29, 0.717) is 0 Å². The van der Waals surface area contributed by atoms with E-state index >= 15 is 0 Å². The number of hydrogen-bond donors (Lipinski definition) is 1. The van der Waals surface area contributed by atoms with Crippen LogP contribution >= 0.6 is 0 Å². The van der Waals surface area contributed by atoms with E-state index in [0.717, 1.165) is 22.6 Å². The Balaban J connectivity index is 1.70. The first kappa shape index (κ1) is 15.1. The number of amides is 1. The SMILES string of the molecule is CC1(C)C=Cc2cc(/C=C/C(=O)Nc3ccccc3)ccc2O1. The van der Waals surface area contributed by atoms with Crippen molar-refractivity contribution in [3.05, 3.63) is 71.8 Å². The Labute approximate surface area is 136 Å². The smallest absolute Gasteiger partial charge is 0.248 e. The lowest BCUT2D eigenvalue weighted by molar-refractivity contribution is -0.111. The summed E-state index contributed by atoms with van der Waals surface area (Å²) in [4.78, 5) is 11.9. The summed E-state index contributed by atoms with van der Waals surface area (Å²) in [6.45, 7) is 4.04. The lowest BCUT2D eigenvalue weighted by atomic mass is 10.0. The molecule has 0 aromatic heterocycles. The quantitative estimate of drug-likeness (QED) is 0.847. The monoisotopic (exact) mass is 305 g/mol. The Kier molecular flexibility index (Phi) is 4.02. The van der Waals surface area contributed by atoms with Gasteiger partial charge >= 0.3 is 0 Å². The van der Waals surface area contributed by atoms with Crippen molar-refractivity contribution in [3.63, 3.8) is 0 Å². The van der Waals surface area contributed by atoms with Gasteiger partial charge in [-0.05, 0) is 55.8 Å². The second kappa shape index (κ2) is 6.13. The van der Waals surface area contributed by atoms with E-state index in [2.05, 4.69) is 11.4 Å². The van der Waals surface area contributed by atoms with Gasteiger partial charge in [-0.2, -0.15) is 0 Å². The van der Waals surface area contributed by atoms with E-state index in [4.69, 9.17) is 4.74 Å². The Hall–Kier alpha value is -2.81. The van der Waals surface area contributed by atoms with Crippen molar-refractivity contribution in [2.45, 2.75) is 19.4 Å². The molecule has 0 unspecified atom stereocenters. The maximum absolute atomic E-state index is 11.9. The van der Waals surface area contributed by atoms with Gasteiger partial charge in [0.1, 0.15) is 11.4 Å². The van der Waals surface area contributed by atoms with Crippen LogP contribution in [0.4, 0.5) is 5.69 Å². The number of para-hydroxylation sites is 1. The Morgan fingerprint density at radius 1 is 1.13 bits per heavy atom. The highest BCUT2D eigenvalue weighted by Crippen LogP contribution is 2.31. The van der Waals surface area contributed by atoms with Crippen LogP contribution in [0.25, 0.3) is 12.2 Å². The van der Waals surface area contributed by atoms with E-state index in [9.17, 15) is 4.79 Å². The van der Waals surface area contributed by atoms with Gasteiger partial charge in [0.05, 0.1) is 0 Å². The molecule has 1 aliphatic rings. The van der Waals surface area contributed by atoms with Crippen molar-refractivity contribution in [2.24, 2.45) is 0 Å². The molecule has 3 heteroatoms. The van der Waals surface area contributed by atoms with E-state index < -0.39 is 0 Å².